The van der Waals surface area contributed by atoms with Gasteiger partial charge in [0.15, 0.2) is 5.82 Å². The van der Waals surface area contributed by atoms with Gasteiger partial charge in [0, 0.05) is 38.1 Å². The zero-order valence-corrected chi connectivity index (χ0v) is 16.4. The van der Waals surface area contributed by atoms with Crippen molar-refractivity contribution in [1.82, 2.24) is 19.8 Å². The van der Waals surface area contributed by atoms with Crippen molar-refractivity contribution >= 4 is 35.2 Å². The molecule has 10 heteroatoms. The van der Waals surface area contributed by atoms with Crippen LogP contribution in [0.5, 0.6) is 0 Å². The van der Waals surface area contributed by atoms with Crippen molar-refractivity contribution in [1.29, 1.82) is 0 Å². The minimum absolute atomic E-state index is 0.111. The van der Waals surface area contributed by atoms with E-state index in [2.05, 4.69) is 26.8 Å². The average molecular weight is 397 g/mol. The van der Waals surface area contributed by atoms with E-state index in [0.29, 0.717) is 48.9 Å². The Morgan fingerprint density at radius 1 is 1.30 bits per heavy atom. The van der Waals surface area contributed by atoms with E-state index in [0.717, 1.165) is 13.1 Å². The van der Waals surface area contributed by atoms with Crippen molar-refractivity contribution in [3.8, 4) is 0 Å². The normalized spacial score (nSPS) is 24.3. The van der Waals surface area contributed by atoms with Crippen LogP contribution < -0.4 is 10.6 Å². The van der Waals surface area contributed by atoms with Gasteiger partial charge >= 0.3 is 5.97 Å². The van der Waals surface area contributed by atoms with Crippen LogP contribution >= 0.6 is 11.6 Å². The summed E-state index contributed by atoms with van der Waals surface area (Å²) in [5, 5.41) is 9.54. The molecule has 0 saturated carbocycles. The van der Waals surface area contributed by atoms with Crippen molar-refractivity contribution in [2.24, 2.45) is 0 Å². The van der Waals surface area contributed by atoms with Gasteiger partial charge in [-0.25, -0.2) is 4.98 Å². The van der Waals surface area contributed by atoms with Crippen LogP contribution in [-0.4, -0.2) is 82.1 Å². The van der Waals surface area contributed by atoms with Gasteiger partial charge in [0.05, 0.1) is 5.69 Å². The van der Waals surface area contributed by atoms with Crippen LogP contribution in [-0.2, 0) is 9.59 Å². The van der Waals surface area contributed by atoms with Crippen LogP contribution in [0.1, 0.15) is 25.0 Å². The predicted octanol–water partition coefficient (Wildman–Crippen LogP) is 0.608. The Bertz CT molecular complexity index is 760. The van der Waals surface area contributed by atoms with Crippen LogP contribution in [0.15, 0.2) is 0 Å². The molecule has 0 bridgehead atoms. The highest BCUT2D eigenvalue weighted by molar-refractivity contribution is 6.33. The molecule has 0 radical (unpaired) electrons. The number of aliphatic carboxylic acids is 1. The molecule has 1 atom stereocenters. The molecule has 2 aliphatic heterocycles. The number of nitrogen functional groups attached to an aromatic ring is 1. The summed E-state index contributed by atoms with van der Waals surface area (Å²) in [5.74, 6) is -0.299. The lowest BCUT2D eigenvalue weighted by Crippen LogP contribution is -2.61. The van der Waals surface area contributed by atoms with Crippen LogP contribution in [0, 0.1) is 6.92 Å². The molecular formula is C17H25ClN6O3. The first-order chi connectivity index (χ1) is 12.7. The number of nitrogens with two attached hydrogens (primary N) is 1. The Hall–Kier alpha value is -2.13. The third kappa shape index (κ3) is 3.93. The number of likely N-dealkylation sites (N-methyl/N-ethyl adjacent to an activating group) is 1. The number of carboxylic acids is 1. The van der Waals surface area contributed by atoms with Crippen molar-refractivity contribution < 1.29 is 14.7 Å². The summed E-state index contributed by atoms with van der Waals surface area (Å²) in [6, 6.07) is 0. The fourth-order valence-electron chi connectivity index (χ4n) is 3.98. The highest BCUT2D eigenvalue weighted by atomic mass is 35.5. The van der Waals surface area contributed by atoms with Crippen molar-refractivity contribution in [2.75, 3.05) is 50.4 Å². The highest BCUT2D eigenvalue weighted by Crippen LogP contribution is 2.36. The van der Waals surface area contributed by atoms with Crippen molar-refractivity contribution in [3.63, 3.8) is 0 Å². The number of halogens is 1. The lowest BCUT2D eigenvalue weighted by Gasteiger charge is -2.49. The Morgan fingerprint density at radius 2 is 2.04 bits per heavy atom. The second-order valence-corrected chi connectivity index (χ2v) is 7.71. The number of hydrogen-bond donors (Lipinski definition) is 2. The maximum Gasteiger partial charge on any atom is 0.323 e. The van der Waals surface area contributed by atoms with Gasteiger partial charge in [-0.15, -0.1) is 0 Å². The number of nitrogens with zero attached hydrogens (tertiary/aromatic N) is 5. The lowest BCUT2D eigenvalue weighted by molar-refractivity contribution is -0.144. The minimum atomic E-state index is -0.989. The summed E-state index contributed by atoms with van der Waals surface area (Å²) >= 11 is 6.43. The first-order valence-corrected chi connectivity index (χ1v) is 9.35. The van der Waals surface area contributed by atoms with E-state index < -0.39 is 5.97 Å². The molecule has 148 valence electrons. The topological polar surface area (TPSA) is 116 Å². The Morgan fingerprint density at radius 3 is 2.74 bits per heavy atom. The van der Waals surface area contributed by atoms with Gasteiger partial charge in [0.2, 0.25) is 11.9 Å². The molecule has 1 unspecified atom stereocenters. The van der Waals surface area contributed by atoms with E-state index in [1.807, 2.05) is 0 Å². The molecule has 2 saturated heterocycles. The summed E-state index contributed by atoms with van der Waals surface area (Å²) in [4.78, 5) is 37.6. The molecule has 9 nitrogen and oxygen atoms in total. The molecule has 3 heterocycles. The predicted molar refractivity (Wildman–Crippen MR) is 102 cm³/mol. The summed E-state index contributed by atoms with van der Waals surface area (Å²) in [7, 11) is 2.05. The summed E-state index contributed by atoms with van der Waals surface area (Å²) in [5.41, 5.74) is 6.20. The summed E-state index contributed by atoms with van der Waals surface area (Å²) in [6.45, 7) is 4.13. The monoisotopic (exact) mass is 396 g/mol. The fourth-order valence-corrected chi connectivity index (χ4v) is 4.18. The number of aryl methyl sites for hydroxylation is 1. The maximum atomic E-state index is 12.3. The van der Waals surface area contributed by atoms with Gasteiger partial charge in [0.25, 0.3) is 0 Å². The largest absolute Gasteiger partial charge is 0.480 e. The highest BCUT2D eigenvalue weighted by Gasteiger charge is 2.43. The molecule has 27 heavy (non-hydrogen) atoms. The first kappa shape index (κ1) is 19.6. The number of anilines is 2. The van der Waals surface area contributed by atoms with Crippen molar-refractivity contribution in [2.45, 2.75) is 31.7 Å². The molecule has 3 rings (SSSR count). The van der Waals surface area contributed by atoms with Crippen LogP contribution in [0.2, 0.25) is 5.02 Å². The first-order valence-electron chi connectivity index (χ1n) is 8.97. The second kappa shape index (κ2) is 7.47. The van der Waals surface area contributed by atoms with Gasteiger partial charge in [0.1, 0.15) is 11.6 Å². The molecule has 1 amide bonds. The van der Waals surface area contributed by atoms with Gasteiger partial charge in [-0.1, -0.05) is 11.6 Å². The van der Waals surface area contributed by atoms with Gasteiger partial charge in [-0.2, -0.15) is 4.98 Å². The molecular weight excluding hydrogens is 372 g/mol. The zero-order chi connectivity index (χ0) is 19.8. The zero-order valence-electron chi connectivity index (χ0n) is 15.6. The Labute approximate surface area is 163 Å². The van der Waals surface area contributed by atoms with E-state index in [1.165, 1.54) is 4.90 Å². The van der Waals surface area contributed by atoms with Gasteiger partial charge in [-0.05, 0) is 26.8 Å². The van der Waals surface area contributed by atoms with E-state index >= 15 is 0 Å². The molecule has 1 aromatic rings. The standard InChI is InChI=1S/C17H25ClN6O3/c1-11-14(18)15(21-16(19)20-11)24-8-7-22(2)17(10-24)4-3-12(25)23(6-5-17)9-13(26)27/h3-10H2,1-2H3,(H,26,27)(H2,19,20,21). The maximum absolute atomic E-state index is 12.3. The molecule has 3 N–H and O–H groups in total. The third-order valence-electron chi connectivity index (χ3n) is 5.65. The number of likely N-dealkylation sites (tertiary alicyclic amines) is 1. The smallest absolute Gasteiger partial charge is 0.323 e. The quantitative estimate of drug-likeness (QED) is 0.763. The summed E-state index contributed by atoms with van der Waals surface area (Å²) in [6.07, 6.45) is 1.67. The molecule has 2 aliphatic rings. The van der Waals surface area contributed by atoms with Crippen LogP contribution in [0.3, 0.4) is 0 Å². The molecule has 0 aliphatic carbocycles. The number of piperazine rings is 1. The minimum Gasteiger partial charge on any atom is -0.480 e. The number of carbonyl (C=O) groups is 2. The van der Waals surface area contributed by atoms with E-state index in [9.17, 15) is 9.59 Å². The number of aromatic nitrogens is 2. The molecule has 0 aromatic carbocycles. The van der Waals surface area contributed by atoms with E-state index in [1.54, 1.807) is 6.92 Å². The molecule has 2 fully saturated rings. The summed E-state index contributed by atoms with van der Waals surface area (Å²) < 4.78 is 0. The fraction of sp³-hybridized carbons (Fsp3) is 0.647. The van der Waals surface area contributed by atoms with E-state index in [4.69, 9.17) is 22.4 Å². The average Bonchev–Trinajstić information content (AvgIpc) is 2.75. The Kier molecular flexibility index (Phi) is 5.43. The van der Waals surface area contributed by atoms with Crippen LogP contribution in [0.25, 0.3) is 0 Å². The number of amides is 1. The number of rotatable bonds is 3. The number of hydrogen-bond acceptors (Lipinski definition) is 7. The number of carboxylic acid groups (broad SMARTS) is 1. The van der Waals surface area contributed by atoms with Gasteiger partial charge < -0.3 is 20.6 Å². The van der Waals surface area contributed by atoms with Crippen LogP contribution in [0.4, 0.5) is 11.8 Å². The second-order valence-electron chi connectivity index (χ2n) is 7.33. The molecule has 1 spiro atoms. The number of carbonyl (C=O) groups excluding carboxylic acids is 1. The third-order valence-corrected chi connectivity index (χ3v) is 6.09. The van der Waals surface area contributed by atoms with Gasteiger partial charge in [-0.3, -0.25) is 14.5 Å². The Balaban J connectivity index is 1.85. The van der Waals surface area contributed by atoms with E-state index in [-0.39, 0.29) is 23.9 Å². The molecule has 1 aromatic heterocycles. The SMILES string of the molecule is Cc1nc(N)nc(N2CCN(C)C3(CCC(=O)N(CC(=O)O)CC3)C2)c1Cl. The van der Waals surface area contributed by atoms with Crippen molar-refractivity contribution in [3.05, 3.63) is 10.7 Å². The lowest BCUT2D eigenvalue weighted by atomic mass is 9.86.